The second-order valence-corrected chi connectivity index (χ2v) is 11.4. The number of hydrogen-bond acceptors (Lipinski definition) is 3. The number of hydrogen-bond donors (Lipinski definition) is 2. The maximum atomic E-state index is 10.2. The highest BCUT2D eigenvalue weighted by atomic mass is 28.4. The van der Waals surface area contributed by atoms with Gasteiger partial charge in [-0.25, -0.2) is 0 Å². The summed E-state index contributed by atoms with van der Waals surface area (Å²) in [6.07, 6.45) is 0.512. The van der Waals surface area contributed by atoms with E-state index in [-0.39, 0.29) is 11.1 Å². The van der Waals surface area contributed by atoms with Crippen molar-refractivity contribution in [3.8, 4) is 0 Å². The Morgan fingerprint density at radius 3 is 2.06 bits per heavy atom. The van der Waals surface area contributed by atoms with Gasteiger partial charge in [0.1, 0.15) is 5.60 Å². The third-order valence-corrected chi connectivity index (χ3v) is 8.76. The molecule has 0 amide bonds. The van der Waals surface area contributed by atoms with E-state index >= 15 is 0 Å². The van der Waals surface area contributed by atoms with Crippen LogP contribution in [0.4, 0.5) is 0 Å². The van der Waals surface area contributed by atoms with Crippen LogP contribution < -0.4 is 0 Å². The van der Waals surface area contributed by atoms with Crippen LogP contribution in [-0.4, -0.2) is 36.3 Å². The first kappa shape index (κ1) is 14.2. The molecule has 1 saturated carbocycles. The maximum Gasteiger partial charge on any atom is 0.192 e. The van der Waals surface area contributed by atoms with Crippen LogP contribution >= 0.6 is 0 Å². The van der Waals surface area contributed by atoms with E-state index in [1.54, 1.807) is 6.92 Å². The zero-order chi connectivity index (χ0) is 12.8. The first-order chi connectivity index (χ1) is 6.98. The molecule has 0 unspecified atom stereocenters. The highest BCUT2D eigenvalue weighted by Gasteiger charge is 2.49. The second kappa shape index (κ2) is 4.09. The van der Waals surface area contributed by atoms with Crippen molar-refractivity contribution >= 4 is 8.32 Å². The molecule has 0 saturated heterocycles. The fraction of sp³-hybridized carbons (Fsp3) is 1.00. The molecule has 0 aromatic carbocycles. The fourth-order valence-corrected chi connectivity index (χ4v) is 3.24. The Labute approximate surface area is 100.0 Å². The van der Waals surface area contributed by atoms with E-state index in [2.05, 4.69) is 33.9 Å². The predicted molar refractivity (Wildman–Crippen MR) is 67.9 cm³/mol. The number of rotatable bonds is 2. The minimum absolute atomic E-state index is 0.136. The molecule has 0 bridgehead atoms. The van der Waals surface area contributed by atoms with Crippen LogP contribution in [-0.2, 0) is 4.43 Å². The number of aliphatic hydroxyl groups excluding tert-OH is 1. The summed E-state index contributed by atoms with van der Waals surface area (Å²) in [7, 11) is -1.86. The Bertz CT molecular complexity index is 255. The largest absolute Gasteiger partial charge is 0.411 e. The van der Waals surface area contributed by atoms with Gasteiger partial charge in [0, 0.05) is 0 Å². The lowest BCUT2D eigenvalue weighted by Crippen LogP contribution is -2.52. The van der Waals surface area contributed by atoms with Gasteiger partial charge < -0.3 is 14.6 Å². The quantitative estimate of drug-likeness (QED) is 0.735. The maximum absolute atomic E-state index is 10.2. The highest BCUT2D eigenvalue weighted by molar-refractivity contribution is 6.74. The Kier molecular flexibility index (Phi) is 3.62. The molecule has 0 heterocycles. The van der Waals surface area contributed by atoms with Crippen molar-refractivity contribution in [1.29, 1.82) is 0 Å². The van der Waals surface area contributed by atoms with Crippen LogP contribution in [0.1, 0.15) is 40.5 Å². The van der Waals surface area contributed by atoms with Gasteiger partial charge in [-0.1, -0.05) is 20.8 Å². The average molecular weight is 246 g/mol. The van der Waals surface area contributed by atoms with Crippen LogP contribution in [0, 0.1) is 0 Å². The van der Waals surface area contributed by atoms with Crippen LogP contribution in [0.2, 0.25) is 18.1 Å². The van der Waals surface area contributed by atoms with Gasteiger partial charge in [-0.15, -0.1) is 0 Å². The topological polar surface area (TPSA) is 49.7 Å². The summed E-state index contributed by atoms with van der Waals surface area (Å²) >= 11 is 0. The van der Waals surface area contributed by atoms with Crippen LogP contribution in [0.25, 0.3) is 0 Å². The summed E-state index contributed by atoms with van der Waals surface area (Å²) in [4.78, 5) is 0. The summed E-state index contributed by atoms with van der Waals surface area (Å²) in [5.74, 6) is 0. The van der Waals surface area contributed by atoms with Gasteiger partial charge >= 0.3 is 0 Å². The minimum Gasteiger partial charge on any atom is -0.411 e. The van der Waals surface area contributed by atoms with Crippen LogP contribution in [0.5, 0.6) is 0 Å². The van der Waals surface area contributed by atoms with E-state index in [9.17, 15) is 10.2 Å². The van der Waals surface area contributed by atoms with Crippen LogP contribution in [0.3, 0.4) is 0 Å². The first-order valence-electron chi connectivity index (χ1n) is 6.07. The lowest BCUT2D eigenvalue weighted by atomic mass is 10.0. The Hall–Kier alpha value is 0.0969. The molecular formula is C12H26O3Si. The molecule has 0 spiro atoms. The Balaban J connectivity index is 2.76. The van der Waals surface area contributed by atoms with E-state index in [0.717, 1.165) is 6.42 Å². The molecule has 1 rings (SSSR count). The molecule has 1 fully saturated rings. The zero-order valence-electron chi connectivity index (χ0n) is 11.4. The molecule has 2 N–H and O–H groups in total. The third kappa shape index (κ3) is 2.50. The minimum atomic E-state index is -1.86. The molecule has 0 radical (unpaired) electrons. The second-order valence-electron chi connectivity index (χ2n) is 6.69. The number of aliphatic hydroxyl groups is 2. The molecule has 1 aliphatic carbocycles. The monoisotopic (exact) mass is 246 g/mol. The molecule has 3 nitrogen and oxygen atoms in total. The van der Waals surface area contributed by atoms with E-state index in [4.69, 9.17) is 4.43 Å². The Morgan fingerprint density at radius 1 is 1.25 bits per heavy atom. The van der Waals surface area contributed by atoms with Crippen molar-refractivity contribution in [3.05, 3.63) is 0 Å². The molecule has 4 heteroatoms. The summed E-state index contributed by atoms with van der Waals surface area (Å²) in [6, 6.07) is 0. The lowest BCUT2D eigenvalue weighted by molar-refractivity contribution is -0.0934. The van der Waals surface area contributed by atoms with Crippen molar-refractivity contribution in [1.82, 2.24) is 0 Å². The van der Waals surface area contributed by atoms with Gasteiger partial charge in [-0.05, 0) is 37.9 Å². The summed E-state index contributed by atoms with van der Waals surface area (Å²) in [6.45, 7) is 12.6. The average Bonchev–Trinajstić information content (AvgIpc) is 2.29. The van der Waals surface area contributed by atoms with Gasteiger partial charge in [0.05, 0.1) is 12.2 Å². The van der Waals surface area contributed by atoms with Gasteiger partial charge in [0.25, 0.3) is 0 Å². The molecule has 0 aromatic heterocycles. The highest BCUT2D eigenvalue weighted by Crippen LogP contribution is 2.41. The van der Waals surface area contributed by atoms with Crippen molar-refractivity contribution in [3.63, 3.8) is 0 Å². The summed E-state index contributed by atoms with van der Waals surface area (Å²) in [5.41, 5.74) is -1.09. The van der Waals surface area contributed by atoms with E-state index in [1.807, 2.05) is 0 Å². The normalized spacial score (nSPS) is 36.8. The fourth-order valence-electron chi connectivity index (χ4n) is 1.82. The molecule has 0 aliphatic heterocycles. The van der Waals surface area contributed by atoms with Crippen LogP contribution in [0.15, 0.2) is 0 Å². The van der Waals surface area contributed by atoms with Crippen molar-refractivity contribution in [2.75, 3.05) is 0 Å². The zero-order valence-corrected chi connectivity index (χ0v) is 12.4. The standard InChI is InChI=1S/C12H26O3Si/c1-11(2,3)16(5,6)15-10-8-7-9(13)12(10,4)14/h9-10,13-14H,7-8H2,1-6H3/t9-,10-,12-/m1/s1. The van der Waals surface area contributed by atoms with Gasteiger partial charge in [0.2, 0.25) is 0 Å². The third-order valence-electron chi connectivity index (χ3n) is 4.27. The molecule has 0 aromatic rings. The molecule has 16 heavy (non-hydrogen) atoms. The van der Waals surface area contributed by atoms with E-state index < -0.39 is 20.0 Å². The van der Waals surface area contributed by atoms with Crippen molar-refractivity contribution in [2.24, 2.45) is 0 Å². The predicted octanol–water partition coefficient (Wildman–Crippen LogP) is 2.28. The van der Waals surface area contributed by atoms with Crippen molar-refractivity contribution < 1.29 is 14.6 Å². The first-order valence-corrected chi connectivity index (χ1v) is 8.97. The van der Waals surface area contributed by atoms with E-state index in [1.165, 1.54) is 0 Å². The molecular weight excluding hydrogens is 220 g/mol. The lowest BCUT2D eigenvalue weighted by Gasteiger charge is -2.41. The molecule has 3 atom stereocenters. The van der Waals surface area contributed by atoms with E-state index in [0.29, 0.717) is 6.42 Å². The SMILES string of the molecule is CC(C)(C)[Si](C)(C)O[C@@H]1CC[C@@H](O)[C@@]1(C)O. The summed E-state index contributed by atoms with van der Waals surface area (Å²) in [5, 5.41) is 20.0. The van der Waals surface area contributed by atoms with Crippen molar-refractivity contribution in [2.45, 2.75) is 76.5 Å². The summed E-state index contributed by atoms with van der Waals surface area (Å²) < 4.78 is 6.18. The smallest absolute Gasteiger partial charge is 0.192 e. The molecule has 1 aliphatic rings. The van der Waals surface area contributed by atoms with Gasteiger partial charge in [-0.2, -0.15) is 0 Å². The molecule has 96 valence electrons. The Morgan fingerprint density at radius 2 is 1.75 bits per heavy atom. The van der Waals surface area contributed by atoms with Gasteiger partial charge in [-0.3, -0.25) is 0 Å². The van der Waals surface area contributed by atoms with Gasteiger partial charge in [0.15, 0.2) is 8.32 Å².